The molecule has 1 aromatic rings. The van der Waals surface area contributed by atoms with Gasteiger partial charge in [0.1, 0.15) is 0 Å². The van der Waals surface area contributed by atoms with Gasteiger partial charge in [-0.1, -0.05) is 0 Å². The van der Waals surface area contributed by atoms with E-state index >= 15 is 0 Å². The van der Waals surface area contributed by atoms with E-state index in [4.69, 9.17) is 10.0 Å². The summed E-state index contributed by atoms with van der Waals surface area (Å²) in [5.41, 5.74) is 0.873. The van der Waals surface area contributed by atoms with Gasteiger partial charge in [-0.2, -0.15) is 0 Å². The van der Waals surface area contributed by atoms with Crippen molar-refractivity contribution >= 4 is 18.4 Å². The Balaban J connectivity index is 3.02. The maximum absolute atomic E-state index is 8.79. The van der Waals surface area contributed by atoms with Gasteiger partial charge in [-0.15, -0.1) is 0 Å². The lowest BCUT2D eigenvalue weighted by Gasteiger charge is -2.04. The molecule has 0 radical (unpaired) electrons. The van der Waals surface area contributed by atoms with Gasteiger partial charge in [0.2, 0.25) is 0 Å². The summed E-state index contributed by atoms with van der Waals surface area (Å²) in [5.74, 6) is 0. The van der Waals surface area contributed by atoms with Crippen molar-refractivity contribution in [2.45, 2.75) is 0 Å². The van der Waals surface area contributed by atoms with Crippen molar-refractivity contribution in [2.24, 2.45) is 0 Å². The Bertz CT molecular complexity index is 242. The fraction of sp³-hybridized carbons (Fsp3) is 0.167. The van der Waals surface area contributed by atoms with Gasteiger partial charge in [-0.3, -0.25) is 4.98 Å². The van der Waals surface area contributed by atoms with Gasteiger partial charge in [0.25, 0.3) is 0 Å². The van der Waals surface area contributed by atoms with Crippen molar-refractivity contribution in [3.63, 3.8) is 0 Å². The minimum absolute atomic E-state index is 0.245. The van der Waals surface area contributed by atoms with Crippen molar-refractivity contribution in [1.82, 2.24) is 4.98 Å². The van der Waals surface area contributed by atoms with Gasteiger partial charge in [0.15, 0.2) is 0 Å². The molecule has 1 aromatic heterocycles. The first-order valence-electron chi connectivity index (χ1n) is 3.24. The van der Waals surface area contributed by atoms with Crippen molar-refractivity contribution in [3.05, 3.63) is 18.3 Å². The number of aromatic nitrogens is 1. The third kappa shape index (κ3) is 1.69. The molecule has 0 atom stereocenters. The number of hydrogen-bond acceptors (Lipinski definition) is 4. The molecule has 0 bridgehead atoms. The third-order valence-corrected chi connectivity index (χ3v) is 1.35. The summed E-state index contributed by atoms with van der Waals surface area (Å²) in [7, 11) is 0.182. The van der Waals surface area contributed by atoms with Gasteiger partial charge in [0, 0.05) is 13.2 Å². The van der Waals surface area contributed by atoms with Gasteiger partial charge >= 0.3 is 7.12 Å². The quantitative estimate of drug-likeness (QED) is 0.466. The number of nitrogens with one attached hydrogen (secondary N) is 1. The van der Waals surface area contributed by atoms with E-state index in [2.05, 4.69) is 10.3 Å². The number of pyridine rings is 1. The Morgan fingerprint density at radius 2 is 2.27 bits per heavy atom. The van der Waals surface area contributed by atoms with Gasteiger partial charge in [-0.25, -0.2) is 0 Å². The third-order valence-electron chi connectivity index (χ3n) is 1.35. The first-order valence-corrected chi connectivity index (χ1v) is 3.24. The van der Waals surface area contributed by atoms with Crippen molar-refractivity contribution in [2.75, 3.05) is 12.4 Å². The van der Waals surface area contributed by atoms with Crippen molar-refractivity contribution in [3.8, 4) is 0 Å². The molecule has 0 aliphatic rings. The highest BCUT2D eigenvalue weighted by Gasteiger charge is 2.15. The highest BCUT2D eigenvalue weighted by Crippen LogP contribution is 1.98. The van der Waals surface area contributed by atoms with Crippen LogP contribution in [0.3, 0.4) is 0 Å². The first-order chi connectivity index (χ1) is 5.25. The second kappa shape index (κ2) is 3.36. The second-order valence-electron chi connectivity index (χ2n) is 2.06. The van der Waals surface area contributed by atoms with Crippen LogP contribution >= 0.6 is 0 Å². The molecular formula is C6H9BN2O2. The average Bonchev–Trinajstić information content (AvgIpc) is 2.04. The largest absolute Gasteiger partial charge is 0.510 e. The van der Waals surface area contributed by atoms with Gasteiger partial charge in [-0.05, 0) is 12.1 Å². The van der Waals surface area contributed by atoms with Crippen LogP contribution in [0.15, 0.2) is 18.3 Å². The average molecular weight is 152 g/mol. The number of anilines is 1. The Morgan fingerprint density at radius 3 is 2.73 bits per heavy atom. The first kappa shape index (κ1) is 8.04. The number of hydrogen-bond donors (Lipinski definition) is 3. The van der Waals surface area contributed by atoms with E-state index in [0.29, 0.717) is 5.69 Å². The number of nitrogens with zero attached hydrogens (tertiary/aromatic N) is 1. The maximum Gasteiger partial charge on any atom is 0.510 e. The van der Waals surface area contributed by atoms with E-state index in [1.807, 2.05) is 0 Å². The molecule has 0 spiro atoms. The van der Waals surface area contributed by atoms with Gasteiger partial charge < -0.3 is 15.4 Å². The summed E-state index contributed by atoms with van der Waals surface area (Å²) < 4.78 is 0. The van der Waals surface area contributed by atoms with Gasteiger partial charge in [0.05, 0.1) is 11.3 Å². The standard InChI is InChI=1S/C6H9BN2O2/c1-8-5-3-2-4-9-6(5)7(10)11/h2-4,8,10-11H,1H3. The summed E-state index contributed by atoms with van der Waals surface area (Å²) >= 11 is 0. The summed E-state index contributed by atoms with van der Waals surface area (Å²) in [6, 6.07) is 3.44. The summed E-state index contributed by atoms with van der Waals surface area (Å²) in [4.78, 5) is 3.79. The molecule has 5 heteroatoms. The van der Waals surface area contributed by atoms with E-state index in [0.717, 1.165) is 0 Å². The molecule has 0 aliphatic heterocycles. The molecule has 11 heavy (non-hydrogen) atoms. The molecule has 1 rings (SSSR count). The fourth-order valence-electron chi connectivity index (χ4n) is 0.835. The van der Waals surface area contributed by atoms with E-state index in [9.17, 15) is 0 Å². The zero-order chi connectivity index (χ0) is 8.27. The Kier molecular flexibility index (Phi) is 2.46. The van der Waals surface area contributed by atoms with E-state index in [-0.39, 0.29) is 5.59 Å². The minimum atomic E-state index is -1.52. The van der Waals surface area contributed by atoms with Crippen LogP contribution in [0.1, 0.15) is 0 Å². The van der Waals surface area contributed by atoms with Crippen LogP contribution in [-0.4, -0.2) is 29.2 Å². The Labute approximate surface area is 65.0 Å². The predicted molar refractivity (Wildman–Crippen MR) is 43.6 cm³/mol. The minimum Gasteiger partial charge on any atom is -0.422 e. The zero-order valence-corrected chi connectivity index (χ0v) is 6.15. The number of rotatable bonds is 2. The zero-order valence-electron chi connectivity index (χ0n) is 6.15. The molecule has 0 unspecified atom stereocenters. The lowest BCUT2D eigenvalue weighted by molar-refractivity contribution is 0.424. The van der Waals surface area contributed by atoms with E-state index in [1.165, 1.54) is 6.20 Å². The van der Waals surface area contributed by atoms with Crippen LogP contribution < -0.4 is 10.9 Å². The van der Waals surface area contributed by atoms with Crippen LogP contribution in [0.4, 0.5) is 5.69 Å². The normalized spacial score (nSPS) is 9.36. The summed E-state index contributed by atoms with van der Waals surface area (Å²) in [6.07, 6.45) is 1.51. The Morgan fingerprint density at radius 1 is 1.55 bits per heavy atom. The molecular weight excluding hydrogens is 143 g/mol. The van der Waals surface area contributed by atoms with Crippen molar-refractivity contribution < 1.29 is 10.0 Å². The highest BCUT2D eigenvalue weighted by atomic mass is 16.4. The van der Waals surface area contributed by atoms with Crippen LogP contribution in [0, 0.1) is 0 Å². The monoisotopic (exact) mass is 152 g/mol. The molecule has 0 saturated heterocycles. The molecule has 4 nitrogen and oxygen atoms in total. The molecule has 0 saturated carbocycles. The SMILES string of the molecule is CNc1cccnc1B(O)O. The second-order valence-corrected chi connectivity index (χ2v) is 2.06. The Hall–Kier alpha value is -1.07. The smallest absolute Gasteiger partial charge is 0.422 e. The topological polar surface area (TPSA) is 65.4 Å². The molecule has 0 aromatic carbocycles. The fourth-order valence-corrected chi connectivity index (χ4v) is 0.835. The van der Waals surface area contributed by atoms with Crippen LogP contribution in [-0.2, 0) is 0 Å². The summed E-state index contributed by atoms with van der Waals surface area (Å²) in [5, 5.41) is 20.4. The molecule has 1 heterocycles. The van der Waals surface area contributed by atoms with Crippen molar-refractivity contribution in [1.29, 1.82) is 0 Å². The van der Waals surface area contributed by atoms with Crippen LogP contribution in [0.2, 0.25) is 0 Å². The summed E-state index contributed by atoms with van der Waals surface area (Å²) in [6.45, 7) is 0. The van der Waals surface area contributed by atoms with Crippen LogP contribution in [0.5, 0.6) is 0 Å². The van der Waals surface area contributed by atoms with E-state index in [1.54, 1.807) is 19.2 Å². The maximum atomic E-state index is 8.79. The lowest BCUT2D eigenvalue weighted by atomic mass is 9.84. The lowest BCUT2D eigenvalue weighted by Crippen LogP contribution is -2.34. The van der Waals surface area contributed by atoms with E-state index < -0.39 is 7.12 Å². The molecule has 3 N–H and O–H groups in total. The molecule has 0 amide bonds. The molecule has 0 fully saturated rings. The highest BCUT2D eigenvalue weighted by molar-refractivity contribution is 6.59. The van der Waals surface area contributed by atoms with Crippen LogP contribution in [0.25, 0.3) is 0 Å². The predicted octanol–water partition coefficient (Wildman–Crippen LogP) is -1.20. The molecule has 0 aliphatic carbocycles. The molecule has 58 valence electrons.